The molecule has 0 saturated carbocycles. The number of ether oxygens (including phenoxy) is 1. The SMILES string of the molecule is FC(F)(F)Oc1ccc(-n2cc(C#CS)c(Cl)n2)cc1. The van der Waals surface area contributed by atoms with Crippen molar-refractivity contribution in [3.8, 4) is 22.6 Å². The second kappa shape index (κ2) is 5.69. The van der Waals surface area contributed by atoms with Gasteiger partial charge in [0, 0.05) is 6.20 Å². The van der Waals surface area contributed by atoms with Crippen LogP contribution < -0.4 is 4.74 Å². The van der Waals surface area contributed by atoms with Gasteiger partial charge in [0.25, 0.3) is 0 Å². The van der Waals surface area contributed by atoms with E-state index in [1.54, 1.807) is 6.20 Å². The standard InChI is InChI=1S/C12H6ClF3N2OS/c13-11-8(5-6-20)7-18(17-11)9-1-3-10(4-2-9)19-12(14,15)16/h1-4,7,20H. The zero-order valence-electron chi connectivity index (χ0n) is 9.65. The summed E-state index contributed by atoms with van der Waals surface area (Å²) in [5.74, 6) is 2.32. The van der Waals surface area contributed by atoms with Crippen LogP contribution in [-0.2, 0) is 0 Å². The minimum Gasteiger partial charge on any atom is -0.406 e. The van der Waals surface area contributed by atoms with Gasteiger partial charge in [0.15, 0.2) is 5.15 Å². The number of rotatable bonds is 2. The molecule has 0 unspecified atom stereocenters. The van der Waals surface area contributed by atoms with E-state index in [2.05, 4.69) is 33.6 Å². The number of halogens is 4. The molecule has 1 aromatic heterocycles. The van der Waals surface area contributed by atoms with E-state index in [1.165, 1.54) is 28.9 Å². The van der Waals surface area contributed by atoms with Gasteiger partial charge in [-0.3, -0.25) is 0 Å². The molecule has 0 aliphatic carbocycles. The Labute approximate surface area is 122 Å². The van der Waals surface area contributed by atoms with Crippen LogP contribution in [0.25, 0.3) is 5.69 Å². The molecule has 2 rings (SSSR count). The molecule has 104 valence electrons. The smallest absolute Gasteiger partial charge is 0.406 e. The summed E-state index contributed by atoms with van der Waals surface area (Å²) >= 11 is 9.60. The zero-order valence-corrected chi connectivity index (χ0v) is 11.3. The Morgan fingerprint density at radius 1 is 1.25 bits per heavy atom. The highest BCUT2D eigenvalue weighted by Crippen LogP contribution is 2.24. The number of aromatic nitrogens is 2. The number of hydrogen-bond donors (Lipinski definition) is 1. The second-order valence-electron chi connectivity index (χ2n) is 3.56. The van der Waals surface area contributed by atoms with Gasteiger partial charge in [0.2, 0.25) is 0 Å². The van der Waals surface area contributed by atoms with Crippen molar-refractivity contribution in [2.45, 2.75) is 6.36 Å². The number of alkyl halides is 3. The van der Waals surface area contributed by atoms with E-state index in [4.69, 9.17) is 11.6 Å². The van der Waals surface area contributed by atoms with Gasteiger partial charge in [-0.25, -0.2) is 4.68 Å². The quantitative estimate of drug-likeness (QED) is 0.676. The normalized spacial score (nSPS) is 10.8. The monoisotopic (exact) mass is 318 g/mol. The van der Waals surface area contributed by atoms with Crippen molar-refractivity contribution < 1.29 is 17.9 Å². The van der Waals surface area contributed by atoms with Crippen LogP contribution in [0.4, 0.5) is 13.2 Å². The van der Waals surface area contributed by atoms with Gasteiger partial charge in [0.1, 0.15) is 5.75 Å². The molecule has 3 nitrogen and oxygen atoms in total. The molecular formula is C12H6ClF3N2OS. The summed E-state index contributed by atoms with van der Waals surface area (Å²) in [6, 6.07) is 5.20. The molecule has 0 atom stereocenters. The molecule has 0 aliphatic rings. The van der Waals surface area contributed by atoms with Gasteiger partial charge in [0.05, 0.1) is 11.3 Å². The van der Waals surface area contributed by atoms with E-state index >= 15 is 0 Å². The first kappa shape index (κ1) is 14.6. The lowest BCUT2D eigenvalue weighted by Crippen LogP contribution is -2.17. The third kappa shape index (κ3) is 3.62. The summed E-state index contributed by atoms with van der Waals surface area (Å²) in [4.78, 5) is 0. The van der Waals surface area contributed by atoms with Crippen LogP contribution in [0.1, 0.15) is 5.56 Å². The summed E-state index contributed by atoms with van der Waals surface area (Å²) in [7, 11) is 0. The Balaban J connectivity index is 2.25. The van der Waals surface area contributed by atoms with Gasteiger partial charge in [-0.2, -0.15) is 5.10 Å². The predicted octanol–water partition coefficient (Wildman–Crippen LogP) is 3.66. The largest absolute Gasteiger partial charge is 0.573 e. The van der Waals surface area contributed by atoms with Crippen molar-refractivity contribution in [2.75, 3.05) is 0 Å². The van der Waals surface area contributed by atoms with Crippen molar-refractivity contribution in [2.24, 2.45) is 0 Å². The molecule has 0 amide bonds. The molecule has 0 N–H and O–H groups in total. The van der Waals surface area contributed by atoms with Gasteiger partial charge >= 0.3 is 6.36 Å². The molecule has 20 heavy (non-hydrogen) atoms. The molecule has 8 heteroatoms. The van der Waals surface area contributed by atoms with Crippen molar-refractivity contribution in [1.29, 1.82) is 0 Å². The Bertz CT molecular complexity index is 671. The number of hydrogen-bond acceptors (Lipinski definition) is 3. The molecule has 2 aromatic rings. The highest BCUT2D eigenvalue weighted by molar-refractivity contribution is 7.85. The maximum atomic E-state index is 12.0. The van der Waals surface area contributed by atoms with Crippen LogP contribution >= 0.6 is 24.2 Å². The number of nitrogens with zero attached hydrogens (tertiary/aromatic N) is 2. The van der Waals surface area contributed by atoms with E-state index in [-0.39, 0.29) is 10.9 Å². The highest BCUT2D eigenvalue weighted by Gasteiger charge is 2.30. The Morgan fingerprint density at radius 3 is 2.45 bits per heavy atom. The molecule has 0 radical (unpaired) electrons. The minimum atomic E-state index is -4.72. The second-order valence-corrected chi connectivity index (χ2v) is 4.14. The van der Waals surface area contributed by atoms with Crippen LogP contribution in [0.5, 0.6) is 5.75 Å². The molecular weight excluding hydrogens is 313 g/mol. The molecule has 0 fully saturated rings. The summed E-state index contributed by atoms with van der Waals surface area (Å²) in [6.45, 7) is 0. The lowest BCUT2D eigenvalue weighted by molar-refractivity contribution is -0.274. The first-order valence-electron chi connectivity index (χ1n) is 5.15. The molecule has 0 aliphatic heterocycles. The molecule has 1 aromatic carbocycles. The lowest BCUT2D eigenvalue weighted by Gasteiger charge is -2.09. The molecule has 0 spiro atoms. The van der Waals surface area contributed by atoms with Crippen LogP contribution in [0.3, 0.4) is 0 Å². The van der Waals surface area contributed by atoms with Crippen molar-refractivity contribution in [3.05, 3.63) is 41.2 Å². The molecule has 1 heterocycles. The van der Waals surface area contributed by atoms with Crippen molar-refractivity contribution in [1.82, 2.24) is 9.78 Å². The Kier molecular flexibility index (Phi) is 4.16. The number of thiol groups is 1. The van der Waals surface area contributed by atoms with E-state index in [1.807, 2.05) is 0 Å². The fourth-order valence-corrected chi connectivity index (χ4v) is 1.73. The van der Waals surface area contributed by atoms with E-state index in [0.29, 0.717) is 11.3 Å². The molecule has 0 saturated heterocycles. The third-order valence-corrected chi connectivity index (χ3v) is 2.59. The topological polar surface area (TPSA) is 27.1 Å². The summed E-state index contributed by atoms with van der Waals surface area (Å²) in [5.41, 5.74) is 0.992. The number of benzene rings is 1. The lowest BCUT2D eigenvalue weighted by atomic mass is 10.3. The van der Waals surface area contributed by atoms with E-state index < -0.39 is 6.36 Å². The highest BCUT2D eigenvalue weighted by atomic mass is 35.5. The van der Waals surface area contributed by atoms with Crippen molar-refractivity contribution in [3.63, 3.8) is 0 Å². The third-order valence-electron chi connectivity index (χ3n) is 2.19. The summed E-state index contributed by atoms with van der Waals surface area (Å²) in [6.07, 6.45) is -3.17. The fraction of sp³-hybridized carbons (Fsp3) is 0.0833. The zero-order chi connectivity index (χ0) is 14.8. The Hall–Kier alpha value is -1.78. The van der Waals surface area contributed by atoms with Gasteiger partial charge in [-0.15, -0.1) is 13.2 Å². The van der Waals surface area contributed by atoms with Gasteiger partial charge in [-0.05, 0) is 29.5 Å². The first-order valence-corrected chi connectivity index (χ1v) is 5.98. The Morgan fingerprint density at radius 2 is 1.90 bits per heavy atom. The van der Waals surface area contributed by atoms with Gasteiger partial charge < -0.3 is 4.74 Å². The van der Waals surface area contributed by atoms with Gasteiger partial charge in [-0.1, -0.05) is 30.2 Å². The minimum absolute atomic E-state index is 0.183. The average molecular weight is 319 g/mol. The van der Waals surface area contributed by atoms with Crippen LogP contribution in [0.15, 0.2) is 30.5 Å². The van der Waals surface area contributed by atoms with E-state index in [0.717, 1.165) is 0 Å². The fourth-order valence-electron chi connectivity index (χ4n) is 1.43. The summed E-state index contributed by atoms with van der Waals surface area (Å²) < 4.78 is 41.2. The maximum Gasteiger partial charge on any atom is 0.573 e. The average Bonchev–Trinajstić information content (AvgIpc) is 2.70. The van der Waals surface area contributed by atoms with Crippen LogP contribution in [0, 0.1) is 11.2 Å². The first-order chi connectivity index (χ1) is 9.39. The maximum absolute atomic E-state index is 12.0. The van der Waals surface area contributed by atoms with Crippen LogP contribution in [0.2, 0.25) is 5.15 Å². The van der Waals surface area contributed by atoms with Crippen LogP contribution in [-0.4, -0.2) is 16.1 Å². The van der Waals surface area contributed by atoms with E-state index in [9.17, 15) is 13.2 Å². The summed E-state index contributed by atoms with van der Waals surface area (Å²) in [5, 5.41) is 6.56. The van der Waals surface area contributed by atoms with Crippen molar-refractivity contribution >= 4 is 24.2 Å². The molecule has 0 bridgehead atoms. The predicted molar refractivity (Wildman–Crippen MR) is 71.1 cm³/mol.